The van der Waals surface area contributed by atoms with E-state index in [1.807, 2.05) is 0 Å². The highest BCUT2D eigenvalue weighted by Crippen LogP contribution is 2.50. The Kier molecular flexibility index (Phi) is 2.22. The Balaban J connectivity index is 2.09. The van der Waals surface area contributed by atoms with Crippen LogP contribution in [0.1, 0.15) is 18.4 Å². The van der Waals surface area contributed by atoms with Crippen LogP contribution >= 0.6 is 0 Å². The van der Waals surface area contributed by atoms with Gasteiger partial charge in [0.05, 0.1) is 5.92 Å². The van der Waals surface area contributed by atoms with Crippen molar-refractivity contribution >= 4 is 0 Å². The molecule has 1 aromatic rings. The molecular weight excluding hydrogens is 205 g/mol. The Hall–Kier alpha value is -1.10. The van der Waals surface area contributed by atoms with Crippen molar-refractivity contribution in [2.45, 2.75) is 24.6 Å². The van der Waals surface area contributed by atoms with Gasteiger partial charge in [-0.25, -0.2) is 0 Å². The zero-order valence-electron chi connectivity index (χ0n) is 7.96. The van der Waals surface area contributed by atoms with Gasteiger partial charge in [-0.1, -0.05) is 6.07 Å². The number of aromatic nitrogens is 1. The summed E-state index contributed by atoms with van der Waals surface area (Å²) in [5, 5.41) is 0. The molecule has 0 unspecified atom stereocenters. The summed E-state index contributed by atoms with van der Waals surface area (Å²) in [7, 11) is 0. The summed E-state index contributed by atoms with van der Waals surface area (Å²) in [4.78, 5) is 3.86. The van der Waals surface area contributed by atoms with Crippen molar-refractivity contribution in [2.75, 3.05) is 0 Å². The SMILES string of the molecule is NC1(c2cccnc2)CC(C(F)(F)F)C1. The van der Waals surface area contributed by atoms with E-state index in [2.05, 4.69) is 4.98 Å². The van der Waals surface area contributed by atoms with E-state index in [1.54, 1.807) is 18.3 Å². The van der Waals surface area contributed by atoms with Crippen LogP contribution < -0.4 is 5.73 Å². The summed E-state index contributed by atoms with van der Waals surface area (Å²) >= 11 is 0. The van der Waals surface area contributed by atoms with Crippen LogP contribution in [-0.2, 0) is 5.54 Å². The molecule has 1 heterocycles. The van der Waals surface area contributed by atoms with Gasteiger partial charge in [-0.05, 0) is 24.5 Å². The van der Waals surface area contributed by atoms with Gasteiger partial charge >= 0.3 is 6.18 Å². The number of nitrogens with two attached hydrogens (primary N) is 1. The van der Waals surface area contributed by atoms with E-state index in [0.717, 1.165) is 0 Å². The second kappa shape index (κ2) is 3.20. The number of rotatable bonds is 1. The van der Waals surface area contributed by atoms with Crippen molar-refractivity contribution < 1.29 is 13.2 Å². The second-order valence-corrected chi connectivity index (χ2v) is 4.04. The molecule has 2 nitrogen and oxygen atoms in total. The first-order valence-electron chi connectivity index (χ1n) is 4.68. The molecule has 0 radical (unpaired) electrons. The van der Waals surface area contributed by atoms with E-state index in [4.69, 9.17) is 5.73 Å². The van der Waals surface area contributed by atoms with Crippen LogP contribution in [0.2, 0.25) is 0 Å². The number of hydrogen-bond acceptors (Lipinski definition) is 2. The minimum Gasteiger partial charge on any atom is -0.321 e. The van der Waals surface area contributed by atoms with Crippen LogP contribution in [0.3, 0.4) is 0 Å². The molecule has 2 N–H and O–H groups in total. The molecule has 0 aliphatic heterocycles. The van der Waals surface area contributed by atoms with E-state index in [9.17, 15) is 13.2 Å². The fourth-order valence-electron chi connectivity index (χ4n) is 1.94. The van der Waals surface area contributed by atoms with Gasteiger partial charge in [0, 0.05) is 17.9 Å². The fraction of sp³-hybridized carbons (Fsp3) is 0.500. The Morgan fingerprint density at radius 2 is 2.07 bits per heavy atom. The van der Waals surface area contributed by atoms with Gasteiger partial charge in [0.15, 0.2) is 0 Å². The van der Waals surface area contributed by atoms with Gasteiger partial charge in [-0.3, -0.25) is 4.98 Å². The molecule has 1 aromatic heterocycles. The third kappa shape index (κ3) is 1.84. The zero-order valence-corrected chi connectivity index (χ0v) is 7.96. The molecule has 5 heteroatoms. The summed E-state index contributed by atoms with van der Waals surface area (Å²) < 4.78 is 36.9. The van der Waals surface area contributed by atoms with Gasteiger partial charge < -0.3 is 5.73 Å². The maximum atomic E-state index is 12.3. The molecule has 0 bridgehead atoms. The normalized spacial score (nSPS) is 31.1. The third-order valence-corrected chi connectivity index (χ3v) is 2.92. The van der Waals surface area contributed by atoms with Crippen LogP contribution in [0.4, 0.5) is 13.2 Å². The second-order valence-electron chi connectivity index (χ2n) is 4.04. The summed E-state index contributed by atoms with van der Waals surface area (Å²) in [6.45, 7) is 0. The first-order valence-corrected chi connectivity index (χ1v) is 4.68. The first kappa shape index (κ1) is 10.4. The lowest BCUT2D eigenvalue weighted by atomic mass is 9.65. The lowest BCUT2D eigenvalue weighted by molar-refractivity contribution is -0.209. The Bertz CT molecular complexity index is 341. The molecule has 0 saturated heterocycles. The number of halogens is 3. The molecule has 15 heavy (non-hydrogen) atoms. The molecule has 2 rings (SSSR count). The zero-order chi connectivity index (χ0) is 11.1. The maximum Gasteiger partial charge on any atom is 0.391 e. The van der Waals surface area contributed by atoms with Crippen LogP contribution in [0, 0.1) is 5.92 Å². The molecule has 0 amide bonds. The highest BCUT2D eigenvalue weighted by molar-refractivity contribution is 5.24. The largest absolute Gasteiger partial charge is 0.391 e. The Morgan fingerprint density at radius 3 is 2.53 bits per heavy atom. The molecular formula is C10H11F3N2. The van der Waals surface area contributed by atoms with Crippen molar-refractivity contribution in [3.63, 3.8) is 0 Å². The molecule has 0 aromatic carbocycles. The summed E-state index contributed by atoms with van der Waals surface area (Å²) in [6, 6.07) is 3.41. The quantitative estimate of drug-likeness (QED) is 0.781. The van der Waals surface area contributed by atoms with Crippen molar-refractivity contribution in [3.05, 3.63) is 30.1 Å². The number of nitrogens with zero attached hydrogens (tertiary/aromatic N) is 1. The summed E-state index contributed by atoms with van der Waals surface area (Å²) in [6.07, 6.45) is -1.09. The van der Waals surface area contributed by atoms with Gasteiger partial charge in [-0.2, -0.15) is 13.2 Å². The standard InChI is InChI=1S/C10H11F3N2/c11-10(12,13)8-4-9(14,5-8)7-2-1-3-15-6-7/h1-3,6,8H,4-5,14H2. The third-order valence-electron chi connectivity index (χ3n) is 2.92. The van der Waals surface area contributed by atoms with Crippen LogP contribution in [0.15, 0.2) is 24.5 Å². The average Bonchev–Trinajstić information content (AvgIpc) is 2.13. The van der Waals surface area contributed by atoms with Crippen LogP contribution in [-0.4, -0.2) is 11.2 Å². The summed E-state index contributed by atoms with van der Waals surface area (Å²) in [5.41, 5.74) is 5.72. The first-order chi connectivity index (χ1) is 6.92. The maximum absolute atomic E-state index is 12.3. The molecule has 1 saturated carbocycles. The van der Waals surface area contributed by atoms with Crippen LogP contribution in [0.5, 0.6) is 0 Å². The van der Waals surface area contributed by atoms with Crippen molar-refractivity contribution in [3.8, 4) is 0 Å². The Morgan fingerprint density at radius 1 is 1.40 bits per heavy atom. The molecule has 0 atom stereocenters. The van der Waals surface area contributed by atoms with E-state index in [1.165, 1.54) is 6.20 Å². The minimum absolute atomic E-state index is 0.0395. The topological polar surface area (TPSA) is 38.9 Å². The minimum atomic E-state index is -4.12. The molecule has 1 aliphatic carbocycles. The predicted molar refractivity (Wildman–Crippen MR) is 48.9 cm³/mol. The van der Waals surface area contributed by atoms with E-state index in [-0.39, 0.29) is 12.8 Å². The van der Waals surface area contributed by atoms with Crippen molar-refractivity contribution in [2.24, 2.45) is 11.7 Å². The fourth-order valence-corrected chi connectivity index (χ4v) is 1.94. The van der Waals surface area contributed by atoms with Crippen molar-refractivity contribution in [1.29, 1.82) is 0 Å². The molecule has 0 spiro atoms. The van der Waals surface area contributed by atoms with E-state index in [0.29, 0.717) is 5.56 Å². The summed E-state index contributed by atoms with van der Waals surface area (Å²) in [5.74, 6) is -1.26. The molecule has 82 valence electrons. The van der Waals surface area contributed by atoms with E-state index < -0.39 is 17.6 Å². The highest BCUT2D eigenvalue weighted by Gasteiger charge is 2.54. The Labute approximate surface area is 85.3 Å². The number of pyridine rings is 1. The van der Waals surface area contributed by atoms with Gasteiger partial charge in [0.1, 0.15) is 0 Å². The molecule has 1 aliphatic rings. The number of alkyl halides is 3. The lowest BCUT2D eigenvalue weighted by Crippen LogP contribution is -2.53. The monoisotopic (exact) mass is 216 g/mol. The lowest BCUT2D eigenvalue weighted by Gasteiger charge is -2.45. The van der Waals surface area contributed by atoms with Crippen LogP contribution in [0.25, 0.3) is 0 Å². The number of hydrogen-bond donors (Lipinski definition) is 1. The smallest absolute Gasteiger partial charge is 0.321 e. The van der Waals surface area contributed by atoms with E-state index >= 15 is 0 Å². The van der Waals surface area contributed by atoms with Gasteiger partial charge in [0.25, 0.3) is 0 Å². The highest BCUT2D eigenvalue weighted by atomic mass is 19.4. The van der Waals surface area contributed by atoms with Crippen molar-refractivity contribution in [1.82, 2.24) is 4.98 Å². The predicted octanol–water partition coefficient (Wildman–Crippen LogP) is 2.21. The molecule has 1 fully saturated rings. The van der Waals surface area contributed by atoms with Gasteiger partial charge in [0.2, 0.25) is 0 Å². The average molecular weight is 216 g/mol. The van der Waals surface area contributed by atoms with Gasteiger partial charge in [-0.15, -0.1) is 0 Å².